The van der Waals surface area contributed by atoms with Crippen LogP contribution in [0.1, 0.15) is 20.3 Å². The summed E-state index contributed by atoms with van der Waals surface area (Å²) in [5, 5.41) is 6.51. The molecule has 0 aliphatic rings. The maximum Gasteiger partial charge on any atom is 0.150 e. The maximum absolute atomic E-state index is 6.13. The number of fused-ring (bicyclic) bond motifs is 3. The van der Waals surface area contributed by atoms with Gasteiger partial charge in [0, 0.05) is 34.1 Å². The van der Waals surface area contributed by atoms with Gasteiger partial charge >= 0.3 is 0 Å². The molecule has 0 radical (unpaired) electrons. The second-order valence-corrected chi connectivity index (χ2v) is 6.14. The lowest BCUT2D eigenvalue weighted by molar-refractivity contribution is 0.303. The maximum atomic E-state index is 6.13. The Bertz CT molecular complexity index is 792. The van der Waals surface area contributed by atoms with E-state index < -0.39 is 0 Å². The zero-order valence-corrected chi connectivity index (χ0v) is 14.5. The van der Waals surface area contributed by atoms with Crippen LogP contribution in [-0.2, 0) is 0 Å². The highest BCUT2D eigenvalue weighted by atomic mass is 35.5. The lowest BCUT2D eigenvalue weighted by Crippen LogP contribution is -2.25. The average Bonchev–Trinajstić information content (AvgIpc) is 2.94. The second kappa shape index (κ2) is 7.20. The predicted octanol–water partition coefficient (Wildman–Crippen LogP) is 4.51. The molecule has 4 nitrogen and oxygen atoms in total. The quantitative estimate of drug-likeness (QED) is 0.626. The molecular weight excluding hydrogens is 308 g/mol. The number of aromatic amines is 1. The van der Waals surface area contributed by atoms with E-state index in [1.165, 1.54) is 0 Å². The van der Waals surface area contributed by atoms with Gasteiger partial charge in [-0.05, 0) is 50.3 Å². The van der Waals surface area contributed by atoms with E-state index in [9.17, 15) is 0 Å². The molecule has 0 fully saturated rings. The minimum absolute atomic E-state index is 0.754. The van der Waals surface area contributed by atoms with Crippen LogP contribution in [-0.4, -0.2) is 41.0 Å². The molecule has 2 aromatic heterocycles. The molecule has 122 valence electrons. The van der Waals surface area contributed by atoms with Gasteiger partial charge < -0.3 is 15.2 Å². The molecule has 0 atom stereocenters. The van der Waals surface area contributed by atoms with Gasteiger partial charge in [-0.2, -0.15) is 0 Å². The third-order valence-electron chi connectivity index (χ3n) is 4.32. The van der Waals surface area contributed by atoms with Crippen LogP contribution in [0.2, 0.25) is 5.02 Å². The molecule has 23 heavy (non-hydrogen) atoms. The van der Waals surface area contributed by atoms with Gasteiger partial charge in [-0.3, -0.25) is 0 Å². The van der Waals surface area contributed by atoms with E-state index >= 15 is 0 Å². The minimum atomic E-state index is 0.754. The Hall–Kier alpha value is -1.78. The van der Waals surface area contributed by atoms with Crippen LogP contribution in [0.4, 0.5) is 5.82 Å². The molecule has 5 heteroatoms. The minimum Gasteiger partial charge on any atom is -0.368 e. The van der Waals surface area contributed by atoms with Gasteiger partial charge in [0.2, 0.25) is 0 Å². The van der Waals surface area contributed by atoms with Crippen molar-refractivity contribution in [2.24, 2.45) is 0 Å². The van der Waals surface area contributed by atoms with Gasteiger partial charge in [0.05, 0.1) is 5.52 Å². The Kier molecular flexibility index (Phi) is 5.03. The van der Waals surface area contributed by atoms with Crippen molar-refractivity contribution in [2.45, 2.75) is 20.3 Å². The SMILES string of the molecule is CCN(CC)CCCNc1nccc2c1[nH]c1ccc(Cl)cc12. The molecule has 1 aromatic carbocycles. The van der Waals surface area contributed by atoms with Gasteiger partial charge in [-0.1, -0.05) is 25.4 Å². The molecule has 0 spiro atoms. The molecule has 0 saturated carbocycles. The number of anilines is 1. The Balaban J connectivity index is 1.77. The third-order valence-corrected chi connectivity index (χ3v) is 4.56. The van der Waals surface area contributed by atoms with Gasteiger partial charge in [0.1, 0.15) is 5.82 Å². The highest BCUT2D eigenvalue weighted by Gasteiger charge is 2.09. The van der Waals surface area contributed by atoms with Gasteiger partial charge in [0.15, 0.2) is 0 Å². The van der Waals surface area contributed by atoms with E-state index in [0.29, 0.717) is 0 Å². The first-order valence-electron chi connectivity index (χ1n) is 8.25. The molecule has 0 aliphatic carbocycles. The molecule has 0 unspecified atom stereocenters. The summed E-state index contributed by atoms with van der Waals surface area (Å²) in [5.74, 6) is 0.911. The fraction of sp³-hybridized carbons (Fsp3) is 0.389. The molecular formula is C18H23ClN4. The highest BCUT2D eigenvalue weighted by Crippen LogP contribution is 2.30. The van der Waals surface area contributed by atoms with Crippen molar-refractivity contribution in [3.8, 4) is 0 Å². The van der Waals surface area contributed by atoms with Gasteiger partial charge in [-0.25, -0.2) is 4.98 Å². The number of hydrogen-bond donors (Lipinski definition) is 2. The number of hydrogen-bond acceptors (Lipinski definition) is 3. The van der Waals surface area contributed by atoms with E-state index in [1.807, 2.05) is 30.5 Å². The Morgan fingerprint density at radius 3 is 2.78 bits per heavy atom. The van der Waals surface area contributed by atoms with E-state index in [1.54, 1.807) is 0 Å². The first-order chi connectivity index (χ1) is 11.2. The van der Waals surface area contributed by atoms with Crippen molar-refractivity contribution in [1.82, 2.24) is 14.9 Å². The van der Waals surface area contributed by atoms with Crippen LogP contribution >= 0.6 is 11.6 Å². The van der Waals surface area contributed by atoms with Crippen molar-refractivity contribution in [2.75, 3.05) is 31.5 Å². The lowest BCUT2D eigenvalue weighted by atomic mass is 10.2. The van der Waals surface area contributed by atoms with E-state index in [-0.39, 0.29) is 0 Å². The summed E-state index contributed by atoms with van der Waals surface area (Å²) < 4.78 is 0. The van der Waals surface area contributed by atoms with Gasteiger partial charge in [-0.15, -0.1) is 0 Å². The van der Waals surface area contributed by atoms with Crippen LogP contribution in [0.5, 0.6) is 0 Å². The lowest BCUT2D eigenvalue weighted by Gasteiger charge is -2.17. The van der Waals surface area contributed by atoms with E-state index in [2.05, 4.69) is 34.0 Å². The van der Waals surface area contributed by atoms with Crippen molar-refractivity contribution in [3.05, 3.63) is 35.5 Å². The summed E-state index contributed by atoms with van der Waals surface area (Å²) in [6.07, 6.45) is 2.95. The number of halogens is 1. The number of pyridine rings is 1. The fourth-order valence-corrected chi connectivity index (χ4v) is 3.15. The molecule has 3 aromatic rings. The van der Waals surface area contributed by atoms with E-state index in [0.717, 1.165) is 65.2 Å². The van der Waals surface area contributed by atoms with Gasteiger partial charge in [0.25, 0.3) is 0 Å². The van der Waals surface area contributed by atoms with Crippen LogP contribution in [0.15, 0.2) is 30.5 Å². The smallest absolute Gasteiger partial charge is 0.150 e. The fourth-order valence-electron chi connectivity index (χ4n) is 2.98. The molecule has 0 bridgehead atoms. The average molecular weight is 331 g/mol. The van der Waals surface area contributed by atoms with Crippen LogP contribution in [0.25, 0.3) is 21.8 Å². The van der Waals surface area contributed by atoms with Crippen LogP contribution in [0.3, 0.4) is 0 Å². The Labute approximate surface area is 141 Å². The number of nitrogens with zero attached hydrogens (tertiary/aromatic N) is 2. The van der Waals surface area contributed by atoms with Crippen molar-refractivity contribution in [3.63, 3.8) is 0 Å². The summed E-state index contributed by atoms with van der Waals surface area (Å²) in [4.78, 5) is 10.4. The zero-order chi connectivity index (χ0) is 16.2. The first kappa shape index (κ1) is 16.1. The monoisotopic (exact) mass is 330 g/mol. The largest absolute Gasteiger partial charge is 0.368 e. The standard InChI is InChI=1S/C18H23ClN4/c1-3-23(4-2)11-5-9-20-18-17-14(8-10-21-18)15-12-13(19)6-7-16(15)22-17/h6-8,10,12,22H,3-5,9,11H2,1-2H3,(H,20,21). The number of H-pyrrole nitrogens is 1. The molecule has 0 saturated heterocycles. The summed E-state index contributed by atoms with van der Waals surface area (Å²) in [7, 11) is 0. The molecule has 3 rings (SSSR count). The number of aromatic nitrogens is 2. The summed E-state index contributed by atoms with van der Waals surface area (Å²) in [6, 6.07) is 7.96. The summed E-state index contributed by atoms with van der Waals surface area (Å²) in [5.41, 5.74) is 2.14. The first-order valence-corrected chi connectivity index (χ1v) is 8.63. The molecule has 2 heterocycles. The van der Waals surface area contributed by atoms with Crippen molar-refractivity contribution < 1.29 is 0 Å². The van der Waals surface area contributed by atoms with Crippen LogP contribution in [0, 0.1) is 0 Å². The predicted molar refractivity (Wildman–Crippen MR) is 99.5 cm³/mol. The van der Waals surface area contributed by atoms with Crippen molar-refractivity contribution >= 4 is 39.2 Å². The van der Waals surface area contributed by atoms with Crippen molar-refractivity contribution in [1.29, 1.82) is 0 Å². The summed E-state index contributed by atoms with van der Waals surface area (Å²) in [6.45, 7) is 8.64. The Morgan fingerprint density at radius 2 is 2.00 bits per heavy atom. The second-order valence-electron chi connectivity index (χ2n) is 5.70. The number of rotatable bonds is 7. The third kappa shape index (κ3) is 3.43. The normalized spacial score (nSPS) is 11.7. The number of benzene rings is 1. The molecule has 2 N–H and O–H groups in total. The topological polar surface area (TPSA) is 44.0 Å². The zero-order valence-electron chi connectivity index (χ0n) is 13.7. The Morgan fingerprint density at radius 1 is 1.17 bits per heavy atom. The molecule has 0 amide bonds. The summed E-state index contributed by atoms with van der Waals surface area (Å²) >= 11 is 6.13. The highest BCUT2D eigenvalue weighted by molar-refractivity contribution is 6.31. The van der Waals surface area contributed by atoms with Crippen LogP contribution < -0.4 is 5.32 Å². The van der Waals surface area contributed by atoms with E-state index in [4.69, 9.17) is 11.6 Å². The number of nitrogens with one attached hydrogen (secondary N) is 2. The molecule has 0 aliphatic heterocycles.